The summed E-state index contributed by atoms with van der Waals surface area (Å²) in [4.78, 5) is 65.2. The highest BCUT2D eigenvalue weighted by Gasteiger charge is 2.11. The number of nitrogens with two attached hydrogens (primary N) is 2. The molecule has 0 aliphatic heterocycles. The van der Waals surface area contributed by atoms with Crippen LogP contribution in [0.4, 0.5) is 0 Å². The van der Waals surface area contributed by atoms with Crippen LogP contribution in [0.1, 0.15) is 32.1 Å². The number of nitrogens with zero attached hydrogens (tertiary/aromatic N) is 6. The van der Waals surface area contributed by atoms with Gasteiger partial charge in [0.15, 0.2) is 0 Å². The predicted octanol–water partition coefficient (Wildman–Crippen LogP) is 1.27. The van der Waals surface area contributed by atoms with Crippen molar-refractivity contribution in [3.8, 4) is 23.5 Å². The Morgan fingerprint density at radius 3 is 1.48 bits per heavy atom. The van der Waals surface area contributed by atoms with Gasteiger partial charge in [0.05, 0.1) is 0 Å². The maximum absolute atomic E-state index is 12.5. The smallest absolute Gasteiger partial charge is 0.356 e. The topological polar surface area (TPSA) is 245 Å². The summed E-state index contributed by atoms with van der Waals surface area (Å²) in [6, 6.07) is 23.2. The summed E-state index contributed by atoms with van der Waals surface area (Å²) < 4.78 is 3.16. The third-order valence-corrected chi connectivity index (χ3v) is 5.78. The van der Waals surface area contributed by atoms with Crippen LogP contribution < -0.4 is 22.4 Å². The van der Waals surface area contributed by atoms with Gasteiger partial charge in [-0.05, 0) is 60.7 Å². The van der Waals surface area contributed by atoms with Crippen molar-refractivity contribution in [1.82, 2.24) is 20.1 Å². The number of carbonyl (C=O) groups excluding carboxylic acids is 4. The minimum atomic E-state index is -1.11. The zero-order chi connectivity index (χ0) is 33.1. The Hall–Kier alpha value is -7.46. The van der Waals surface area contributed by atoms with E-state index in [-0.39, 0.29) is 11.1 Å². The molecule has 4 aromatic rings. The minimum absolute atomic E-state index is 0.144. The fraction of sp³-hybridized carbons (Fsp3) is 0. The molecular weight excluding hydrogens is 596 g/mol. The molecule has 2 amide bonds. The van der Waals surface area contributed by atoms with E-state index in [1.54, 1.807) is 70.1 Å². The highest BCUT2D eigenvalue weighted by atomic mass is 16.7. The van der Waals surface area contributed by atoms with E-state index in [0.29, 0.717) is 34.9 Å². The van der Waals surface area contributed by atoms with Crippen LogP contribution in [-0.2, 0) is 19.3 Å². The number of aromatic nitrogens is 2. The molecule has 0 atom stereocenters. The molecule has 0 saturated carbocycles. The van der Waals surface area contributed by atoms with Gasteiger partial charge in [-0.15, -0.1) is 0 Å². The van der Waals surface area contributed by atoms with Crippen molar-refractivity contribution in [2.45, 2.75) is 0 Å². The van der Waals surface area contributed by atoms with Gasteiger partial charge < -0.3 is 30.3 Å². The summed E-state index contributed by atoms with van der Waals surface area (Å²) in [5, 5.41) is 18.4. The molecule has 0 bridgehead atoms. The quantitative estimate of drug-likeness (QED) is 0.103. The van der Waals surface area contributed by atoms with Gasteiger partial charge >= 0.3 is 11.9 Å². The van der Waals surface area contributed by atoms with Crippen LogP contribution >= 0.6 is 0 Å². The monoisotopic (exact) mass is 618 g/mol. The third-order valence-electron chi connectivity index (χ3n) is 5.78. The molecule has 2 heterocycles. The first-order valence-electron chi connectivity index (χ1n) is 12.9. The molecule has 16 heteroatoms. The summed E-state index contributed by atoms with van der Waals surface area (Å²) >= 11 is 0. The van der Waals surface area contributed by atoms with Gasteiger partial charge in [-0.1, -0.05) is 12.1 Å². The summed E-state index contributed by atoms with van der Waals surface area (Å²) in [6.07, 6.45) is 4.65. The van der Waals surface area contributed by atoms with Crippen LogP contribution in [0.2, 0.25) is 0 Å². The van der Waals surface area contributed by atoms with Gasteiger partial charge in [0.2, 0.25) is 11.9 Å². The van der Waals surface area contributed by atoms with Crippen molar-refractivity contribution in [2.24, 2.45) is 21.5 Å². The van der Waals surface area contributed by atoms with Crippen LogP contribution in [0.15, 0.2) is 107 Å². The lowest BCUT2D eigenvalue weighted by Gasteiger charge is -2.07. The highest BCUT2D eigenvalue weighted by molar-refractivity contribution is 6.03. The molecule has 0 radical (unpaired) electrons. The van der Waals surface area contributed by atoms with Crippen molar-refractivity contribution in [2.75, 3.05) is 0 Å². The fourth-order valence-corrected chi connectivity index (χ4v) is 3.77. The van der Waals surface area contributed by atoms with Crippen molar-refractivity contribution in [3.63, 3.8) is 0 Å². The Morgan fingerprint density at radius 2 is 1.09 bits per heavy atom. The largest absolute Gasteiger partial charge is 0.367 e. The van der Waals surface area contributed by atoms with E-state index in [9.17, 15) is 29.7 Å². The van der Waals surface area contributed by atoms with Crippen molar-refractivity contribution < 1.29 is 28.9 Å². The zero-order valence-corrected chi connectivity index (χ0v) is 23.5. The SMILES string of the molecule is N#Cc1cccn1-c1cccc(C(=O)N=C(N)NOC(=O)/C=C\C(=O)ONC(N)=NC(=O)c2cccc(-n3cccc3C#N)c2)c1. The first-order valence-corrected chi connectivity index (χ1v) is 12.9. The molecule has 2 aromatic heterocycles. The average molecular weight is 619 g/mol. The van der Waals surface area contributed by atoms with E-state index in [0.717, 1.165) is 0 Å². The van der Waals surface area contributed by atoms with E-state index < -0.39 is 35.7 Å². The van der Waals surface area contributed by atoms with Crippen LogP contribution in [-0.4, -0.2) is 44.8 Å². The Kier molecular flexibility index (Phi) is 10.0. The van der Waals surface area contributed by atoms with Gasteiger partial charge in [0.25, 0.3) is 11.8 Å². The molecule has 0 aliphatic rings. The summed E-state index contributed by atoms with van der Waals surface area (Å²) in [7, 11) is 0. The third kappa shape index (κ3) is 8.09. The van der Waals surface area contributed by atoms with Gasteiger partial charge in [0, 0.05) is 47.0 Å². The standard InChI is InChI=1S/C30H22N10O6/c31-17-23-9-3-13-39(23)21-7-1-5-19(15-21)27(43)35-29(33)37-45-25(41)11-12-26(42)46-38-30(34)36-28(44)20-6-2-8-22(16-20)40-14-4-10-24(40)18-32/h1-16H,(H3,33,35,37,43)(H3,34,36,38,44)/b12-11-. The predicted molar refractivity (Wildman–Crippen MR) is 160 cm³/mol. The molecule has 46 heavy (non-hydrogen) atoms. The Labute approximate surface area is 260 Å². The number of benzene rings is 2. The number of rotatable bonds is 6. The van der Waals surface area contributed by atoms with Gasteiger partial charge in [-0.2, -0.15) is 31.5 Å². The van der Waals surface area contributed by atoms with Crippen LogP contribution in [0.5, 0.6) is 0 Å². The second-order valence-corrected chi connectivity index (χ2v) is 8.84. The molecule has 16 nitrogen and oxygen atoms in total. The van der Waals surface area contributed by atoms with Crippen LogP contribution in [0.25, 0.3) is 11.4 Å². The average Bonchev–Trinajstić information content (AvgIpc) is 3.75. The fourth-order valence-electron chi connectivity index (χ4n) is 3.77. The maximum Gasteiger partial charge on any atom is 0.356 e. The molecule has 2 aromatic carbocycles. The summed E-state index contributed by atoms with van der Waals surface area (Å²) in [6.45, 7) is 0. The van der Waals surface area contributed by atoms with Crippen LogP contribution in [0, 0.1) is 22.7 Å². The van der Waals surface area contributed by atoms with Crippen molar-refractivity contribution >= 4 is 35.7 Å². The molecule has 0 fully saturated rings. The molecule has 0 unspecified atom stereocenters. The Morgan fingerprint density at radius 1 is 0.674 bits per heavy atom. The number of nitrogens with one attached hydrogen (secondary N) is 2. The van der Waals surface area contributed by atoms with E-state index in [2.05, 4.69) is 19.7 Å². The summed E-state index contributed by atoms with van der Waals surface area (Å²) in [5.41, 5.74) is 17.2. The molecule has 0 aliphatic carbocycles. The number of hydrogen-bond acceptors (Lipinski definition) is 8. The maximum atomic E-state index is 12.5. The number of carbonyl (C=O) groups is 4. The van der Waals surface area contributed by atoms with E-state index in [1.807, 2.05) is 23.1 Å². The van der Waals surface area contributed by atoms with Gasteiger partial charge in [-0.25, -0.2) is 9.59 Å². The van der Waals surface area contributed by atoms with Crippen molar-refractivity contribution in [1.29, 1.82) is 10.5 Å². The number of nitriles is 2. The Balaban J connectivity index is 1.24. The number of guanidine groups is 2. The Bertz CT molecular complexity index is 1850. The number of hydroxylamine groups is 2. The number of aliphatic imine (C=N–C) groups is 2. The second-order valence-electron chi connectivity index (χ2n) is 8.84. The lowest BCUT2D eigenvalue weighted by Crippen LogP contribution is -2.35. The number of amides is 2. The normalized spacial score (nSPS) is 11.3. The summed E-state index contributed by atoms with van der Waals surface area (Å²) in [5.74, 6) is -4.87. The first-order chi connectivity index (χ1) is 22.2. The second kappa shape index (κ2) is 14.6. The van der Waals surface area contributed by atoms with E-state index >= 15 is 0 Å². The first kappa shape index (κ1) is 31.5. The number of hydrogen-bond donors (Lipinski definition) is 4. The lowest BCUT2D eigenvalue weighted by molar-refractivity contribution is -0.144. The van der Waals surface area contributed by atoms with Gasteiger partial charge in [0.1, 0.15) is 23.5 Å². The molecule has 4 rings (SSSR count). The highest BCUT2D eigenvalue weighted by Crippen LogP contribution is 2.16. The minimum Gasteiger partial charge on any atom is -0.367 e. The van der Waals surface area contributed by atoms with E-state index in [1.165, 1.54) is 24.3 Å². The molecule has 0 spiro atoms. The zero-order valence-electron chi connectivity index (χ0n) is 23.5. The molecular formula is C30H22N10O6. The van der Waals surface area contributed by atoms with Gasteiger partial charge in [-0.3, -0.25) is 9.59 Å². The van der Waals surface area contributed by atoms with Crippen LogP contribution in [0.3, 0.4) is 0 Å². The van der Waals surface area contributed by atoms with E-state index in [4.69, 9.17) is 11.5 Å². The lowest BCUT2D eigenvalue weighted by atomic mass is 10.2. The molecule has 6 N–H and O–H groups in total. The van der Waals surface area contributed by atoms with Crippen molar-refractivity contribution in [3.05, 3.63) is 120 Å². The molecule has 0 saturated heterocycles. The molecule has 228 valence electrons.